The summed E-state index contributed by atoms with van der Waals surface area (Å²) in [5.41, 5.74) is 0.902. The van der Waals surface area contributed by atoms with Crippen LogP contribution in [0, 0.1) is 0 Å². The Balaban J connectivity index is 1.70. The van der Waals surface area contributed by atoms with E-state index in [4.69, 9.17) is 5.11 Å². The van der Waals surface area contributed by atoms with Gasteiger partial charge in [0.25, 0.3) is 5.91 Å². The van der Waals surface area contributed by atoms with E-state index < -0.39 is 11.9 Å². The second-order valence-electron chi connectivity index (χ2n) is 4.15. The van der Waals surface area contributed by atoms with Gasteiger partial charge in [0.15, 0.2) is 15.8 Å². The summed E-state index contributed by atoms with van der Waals surface area (Å²) in [5, 5.41) is 15.3. The van der Waals surface area contributed by atoms with Crippen molar-refractivity contribution in [1.82, 2.24) is 9.97 Å². The Kier molecular flexibility index (Phi) is 3.03. The van der Waals surface area contributed by atoms with Crippen LogP contribution >= 0.6 is 22.7 Å². The van der Waals surface area contributed by atoms with Crippen LogP contribution < -0.4 is 5.32 Å². The molecule has 1 aliphatic rings. The Bertz CT molecular complexity index is 645. The number of hydrogen-bond donors (Lipinski definition) is 2. The minimum atomic E-state index is -1.14. The number of nitrogens with zero attached hydrogens (tertiary/aromatic N) is 2. The SMILES string of the molecule is O=C(O)c1csc(C(=O)Nc2nc(C3CC3)cs2)n1. The van der Waals surface area contributed by atoms with E-state index in [-0.39, 0.29) is 10.7 Å². The lowest BCUT2D eigenvalue weighted by Crippen LogP contribution is -2.12. The highest BCUT2D eigenvalue weighted by Crippen LogP contribution is 2.40. The van der Waals surface area contributed by atoms with Gasteiger partial charge in [-0.2, -0.15) is 0 Å². The van der Waals surface area contributed by atoms with Crippen LogP contribution in [0.15, 0.2) is 10.8 Å². The van der Waals surface area contributed by atoms with Crippen LogP contribution in [0.2, 0.25) is 0 Å². The first-order valence-electron chi connectivity index (χ1n) is 5.59. The van der Waals surface area contributed by atoms with Crippen molar-refractivity contribution in [2.75, 3.05) is 5.32 Å². The van der Waals surface area contributed by atoms with Gasteiger partial charge in [0, 0.05) is 16.7 Å². The number of aromatic nitrogens is 2. The maximum atomic E-state index is 11.9. The molecule has 0 saturated heterocycles. The molecule has 2 N–H and O–H groups in total. The third kappa shape index (κ3) is 2.64. The second kappa shape index (κ2) is 4.71. The molecule has 3 rings (SSSR count). The zero-order chi connectivity index (χ0) is 13.4. The Hall–Kier alpha value is -1.80. The lowest BCUT2D eigenvalue weighted by molar-refractivity contribution is 0.0691. The van der Waals surface area contributed by atoms with E-state index in [2.05, 4.69) is 15.3 Å². The number of carbonyl (C=O) groups is 2. The summed E-state index contributed by atoms with van der Waals surface area (Å²) >= 11 is 2.37. The molecular weight excluding hydrogens is 286 g/mol. The fourth-order valence-electron chi connectivity index (χ4n) is 1.54. The molecule has 1 aliphatic carbocycles. The third-order valence-electron chi connectivity index (χ3n) is 2.66. The van der Waals surface area contributed by atoms with Gasteiger partial charge in [-0.1, -0.05) is 0 Å². The van der Waals surface area contributed by atoms with Crippen molar-refractivity contribution in [2.24, 2.45) is 0 Å². The normalized spacial score (nSPS) is 14.3. The fourth-order valence-corrected chi connectivity index (χ4v) is 3.01. The average Bonchev–Trinajstić information content (AvgIpc) is 2.92. The number of nitrogens with one attached hydrogen (secondary N) is 1. The molecule has 0 atom stereocenters. The van der Waals surface area contributed by atoms with Gasteiger partial charge in [-0.25, -0.2) is 14.8 Å². The van der Waals surface area contributed by atoms with Crippen LogP contribution in [-0.4, -0.2) is 27.0 Å². The molecule has 98 valence electrons. The number of amides is 1. The first-order chi connectivity index (χ1) is 9.13. The number of aromatic carboxylic acids is 1. The molecule has 0 aliphatic heterocycles. The molecule has 1 amide bonds. The zero-order valence-electron chi connectivity index (χ0n) is 9.62. The second-order valence-corrected chi connectivity index (χ2v) is 5.87. The van der Waals surface area contributed by atoms with Gasteiger partial charge in [-0.15, -0.1) is 22.7 Å². The summed E-state index contributed by atoms with van der Waals surface area (Å²) in [5.74, 6) is -1.02. The van der Waals surface area contributed by atoms with Crippen LogP contribution in [0.3, 0.4) is 0 Å². The maximum absolute atomic E-state index is 11.9. The Morgan fingerprint density at radius 3 is 2.68 bits per heavy atom. The number of anilines is 1. The van der Waals surface area contributed by atoms with Crippen molar-refractivity contribution in [2.45, 2.75) is 18.8 Å². The quantitative estimate of drug-likeness (QED) is 0.903. The summed E-state index contributed by atoms with van der Waals surface area (Å²) in [6.07, 6.45) is 2.32. The summed E-state index contributed by atoms with van der Waals surface area (Å²) in [6.45, 7) is 0. The molecule has 1 saturated carbocycles. The molecule has 1 fully saturated rings. The minimum Gasteiger partial charge on any atom is -0.476 e. The molecular formula is C11H9N3O3S2. The van der Waals surface area contributed by atoms with E-state index in [1.165, 1.54) is 16.7 Å². The van der Waals surface area contributed by atoms with E-state index >= 15 is 0 Å². The van der Waals surface area contributed by atoms with Gasteiger partial charge in [0.05, 0.1) is 5.69 Å². The zero-order valence-corrected chi connectivity index (χ0v) is 11.3. The highest BCUT2D eigenvalue weighted by Gasteiger charge is 2.26. The molecule has 6 nitrogen and oxygen atoms in total. The van der Waals surface area contributed by atoms with Gasteiger partial charge in [0.1, 0.15) is 0 Å². The molecule has 2 aromatic heterocycles. The minimum absolute atomic E-state index is 0.118. The van der Waals surface area contributed by atoms with Gasteiger partial charge in [0.2, 0.25) is 0 Å². The van der Waals surface area contributed by atoms with Gasteiger partial charge in [-0.3, -0.25) is 10.1 Å². The molecule has 0 spiro atoms. The van der Waals surface area contributed by atoms with Crippen LogP contribution in [0.4, 0.5) is 5.13 Å². The Labute approximate surface area is 116 Å². The summed E-state index contributed by atoms with van der Waals surface area (Å²) < 4.78 is 0. The molecule has 0 bridgehead atoms. The molecule has 19 heavy (non-hydrogen) atoms. The number of rotatable bonds is 4. The van der Waals surface area contributed by atoms with Crippen molar-refractivity contribution in [3.05, 3.63) is 27.2 Å². The maximum Gasteiger partial charge on any atom is 0.355 e. The predicted octanol–water partition coefficient (Wildman–Crippen LogP) is 2.43. The third-order valence-corrected chi connectivity index (χ3v) is 4.27. The molecule has 2 aromatic rings. The standard InChI is InChI=1S/C11H9N3O3S2/c15-8(9-12-7(4-18-9)10(16)17)14-11-13-6(3-19-11)5-1-2-5/h3-5H,1-2H2,(H,16,17)(H,13,14,15). The monoisotopic (exact) mass is 295 g/mol. The van der Waals surface area contributed by atoms with Crippen LogP contribution in [0.5, 0.6) is 0 Å². The summed E-state index contributed by atoms with van der Waals surface area (Å²) in [6, 6.07) is 0. The fraction of sp³-hybridized carbons (Fsp3) is 0.273. The molecule has 0 unspecified atom stereocenters. The molecule has 2 heterocycles. The molecule has 0 aromatic carbocycles. The van der Waals surface area contributed by atoms with E-state index in [1.807, 2.05) is 5.38 Å². The topological polar surface area (TPSA) is 92.2 Å². The lowest BCUT2D eigenvalue weighted by atomic mass is 10.3. The van der Waals surface area contributed by atoms with Crippen LogP contribution in [-0.2, 0) is 0 Å². The van der Waals surface area contributed by atoms with Crippen molar-refractivity contribution >= 4 is 39.7 Å². The summed E-state index contributed by atoms with van der Waals surface area (Å²) in [4.78, 5) is 30.6. The number of thiazole rings is 2. The highest BCUT2D eigenvalue weighted by atomic mass is 32.1. The number of hydrogen-bond acceptors (Lipinski definition) is 6. The van der Waals surface area contributed by atoms with Crippen LogP contribution in [0.1, 0.15) is 44.7 Å². The first-order valence-corrected chi connectivity index (χ1v) is 7.35. The Morgan fingerprint density at radius 1 is 1.26 bits per heavy atom. The highest BCUT2D eigenvalue weighted by molar-refractivity contribution is 7.14. The number of carboxylic acids is 1. The van der Waals surface area contributed by atoms with E-state index in [0.29, 0.717) is 11.0 Å². The van der Waals surface area contributed by atoms with Crippen molar-refractivity contribution in [3.63, 3.8) is 0 Å². The molecule has 0 radical (unpaired) electrons. The Morgan fingerprint density at radius 2 is 2.05 bits per heavy atom. The van der Waals surface area contributed by atoms with Crippen molar-refractivity contribution in [3.8, 4) is 0 Å². The first kappa shape index (κ1) is 12.2. The average molecular weight is 295 g/mol. The lowest BCUT2D eigenvalue weighted by Gasteiger charge is -1.96. The van der Waals surface area contributed by atoms with Crippen LogP contribution in [0.25, 0.3) is 0 Å². The summed E-state index contributed by atoms with van der Waals surface area (Å²) in [7, 11) is 0. The van der Waals surface area contributed by atoms with Gasteiger partial charge < -0.3 is 5.11 Å². The van der Waals surface area contributed by atoms with Crippen molar-refractivity contribution in [1.29, 1.82) is 0 Å². The van der Waals surface area contributed by atoms with E-state index in [0.717, 1.165) is 29.9 Å². The smallest absolute Gasteiger partial charge is 0.355 e. The number of carboxylic acid groups (broad SMARTS) is 1. The molecule has 8 heteroatoms. The van der Waals surface area contributed by atoms with E-state index in [9.17, 15) is 9.59 Å². The largest absolute Gasteiger partial charge is 0.476 e. The predicted molar refractivity (Wildman–Crippen MR) is 71.1 cm³/mol. The number of carbonyl (C=O) groups excluding carboxylic acids is 1. The van der Waals surface area contributed by atoms with Gasteiger partial charge >= 0.3 is 5.97 Å². The van der Waals surface area contributed by atoms with E-state index in [1.54, 1.807) is 0 Å². The van der Waals surface area contributed by atoms with Gasteiger partial charge in [-0.05, 0) is 12.8 Å². The van der Waals surface area contributed by atoms with Crippen molar-refractivity contribution < 1.29 is 14.7 Å².